The molecule has 1 aliphatic heterocycles. The summed E-state index contributed by atoms with van der Waals surface area (Å²) in [5.41, 5.74) is 6.58. The van der Waals surface area contributed by atoms with E-state index < -0.39 is 0 Å². The van der Waals surface area contributed by atoms with Crippen molar-refractivity contribution in [3.63, 3.8) is 0 Å². The standard InChI is InChI=1S/C18H26ClN3O3/c1-3-5-17(23)21-10-12-6-4-7-22(11-12)18(24)13-8-14(19)15(20)9-16(13)25-2/h8-9,12H,3-7,10-11,20H2,1-2H3,(H,21,23). The summed E-state index contributed by atoms with van der Waals surface area (Å²) < 4.78 is 5.28. The second-order valence-electron chi connectivity index (χ2n) is 6.39. The Bertz CT molecular complexity index is 636. The first kappa shape index (κ1) is 19.4. The number of nitrogen functional groups attached to an aromatic ring is 1. The minimum atomic E-state index is -0.122. The van der Waals surface area contributed by atoms with Crippen LogP contribution in [-0.2, 0) is 4.79 Å². The van der Waals surface area contributed by atoms with Gasteiger partial charge in [0, 0.05) is 32.1 Å². The molecular weight excluding hydrogens is 342 g/mol. The molecule has 1 heterocycles. The van der Waals surface area contributed by atoms with Crippen molar-refractivity contribution in [1.29, 1.82) is 0 Å². The van der Waals surface area contributed by atoms with Crippen LogP contribution in [0.3, 0.4) is 0 Å². The van der Waals surface area contributed by atoms with Crippen LogP contribution >= 0.6 is 11.6 Å². The van der Waals surface area contributed by atoms with Crippen molar-refractivity contribution in [2.75, 3.05) is 32.5 Å². The summed E-state index contributed by atoms with van der Waals surface area (Å²) in [6, 6.07) is 3.13. The van der Waals surface area contributed by atoms with Crippen LogP contribution in [0.5, 0.6) is 5.75 Å². The van der Waals surface area contributed by atoms with Crippen LogP contribution in [0.1, 0.15) is 43.0 Å². The van der Waals surface area contributed by atoms with Gasteiger partial charge < -0.3 is 20.7 Å². The van der Waals surface area contributed by atoms with Gasteiger partial charge in [0.15, 0.2) is 0 Å². The van der Waals surface area contributed by atoms with E-state index in [0.717, 1.165) is 19.3 Å². The smallest absolute Gasteiger partial charge is 0.257 e. The van der Waals surface area contributed by atoms with E-state index >= 15 is 0 Å². The Morgan fingerprint density at radius 2 is 2.20 bits per heavy atom. The van der Waals surface area contributed by atoms with Crippen LogP contribution in [0, 0.1) is 5.92 Å². The minimum absolute atomic E-state index is 0.0675. The van der Waals surface area contributed by atoms with Crippen molar-refractivity contribution in [3.8, 4) is 5.75 Å². The van der Waals surface area contributed by atoms with Gasteiger partial charge in [-0.2, -0.15) is 0 Å². The van der Waals surface area contributed by atoms with Crippen molar-refractivity contribution < 1.29 is 14.3 Å². The zero-order valence-electron chi connectivity index (χ0n) is 14.8. The number of piperidine rings is 1. The maximum atomic E-state index is 12.9. The predicted octanol–water partition coefficient (Wildman–Crippen LogP) is 2.70. The number of hydrogen-bond acceptors (Lipinski definition) is 4. The summed E-state index contributed by atoms with van der Waals surface area (Å²) in [5, 5.41) is 3.29. The van der Waals surface area contributed by atoms with E-state index in [-0.39, 0.29) is 17.7 Å². The molecule has 1 atom stereocenters. The third-order valence-corrected chi connectivity index (χ3v) is 4.75. The number of likely N-dealkylation sites (tertiary alicyclic amines) is 1. The fraction of sp³-hybridized carbons (Fsp3) is 0.556. The largest absolute Gasteiger partial charge is 0.496 e. The van der Waals surface area contributed by atoms with Gasteiger partial charge in [0.25, 0.3) is 5.91 Å². The van der Waals surface area contributed by atoms with Gasteiger partial charge in [-0.1, -0.05) is 18.5 Å². The van der Waals surface area contributed by atoms with Crippen molar-refractivity contribution >= 4 is 29.1 Å². The topological polar surface area (TPSA) is 84.7 Å². The first-order valence-corrected chi connectivity index (χ1v) is 9.03. The van der Waals surface area contributed by atoms with Gasteiger partial charge >= 0.3 is 0 Å². The fourth-order valence-electron chi connectivity index (χ4n) is 3.07. The first-order valence-electron chi connectivity index (χ1n) is 8.65. The monoisotopic (exact) mass is 367 g/mol. The molecule has 1 aromatic rings. The van der Waals surface area contributed by atoms with Crippen LogP contribution < -0.4 is 15.8 Å². The lowest BCUT2D eigenvalue weighted by atomic mass is 9.97. The van der Waals surface area contributed by atoms with Crippen molar-refractivity contribution in [1.82, 2.24) is 10.2 Å². The summed E-state index contributed by atoms with van der Waals surface area (Å²) >= 11 is 6.07. The maximum Gasteiger partial charge on any atom is 0.257 e. The molecule has 1 aliphatic rings. The van der Waals surface area contributed by atoms with Crippen LogP contribution in [-0.4, -0.2) is 43.5 Å². The van der Waals surface area contributed by atoms with Crippen LogP contribution in [0.2, 0.25) is 5.02 Å². The summed E-state index contributed by atoms with van der Waals surface area (Å²) in [4.78, 5) is 26.3. The SMILES string of the molecule is CCCC(=O)NCC1CCCN(C(=O)c2cc(Cl)c(N)cc2OC)C1. The number of methoxy groups -OCH3 is 1. The zero-order chi connectivity index (χ0) is 18.4. The van der Waals surface area contributed by atoms with Crippen molar-refractivity contribution in [2.45, 2.75) is 32.6 Å². The molecule has 0 aliphatic carbocycles. The number of rotatable bonds is 6. The molecule has 138 valence electrons. The average molecular weight is 368 g/mol. The molecule has 6 nitrogen and oxygen atoms in total. The highest BCUT2D eigenvalue weighted by Crippen LogP contribution is 2.30. The molecule has 2 rings (SSSR count). The molecule has 0 bridgehead atoms. The number of ether oxygens (including phenoxy) is 1. The van der Waals surface area contributed by atoms with E-state index in [9.17, 15) is 9.59 Å². The molecule has 0 saturated carbocycles. The molecule has 7 heteroatoms. The second-order valence-corrected chi connectivity index (χ2v) is 6.79. The third-order valence-electron chi connectivity index (χ3n) is 4.42. The lowest BCUT2D eigenvalue weighted by Crippen LogP contribution is -2.43. The first-order chi connectivity index (χ1) is 12.0. The van der Waals surface area contributed by atoms with Crippen LogP contribution in [0.4, 0.5) is 5.69 Å². The Hall–Kier alpha value is -1.95. The number of halogens is 1. The number of carbonyl (C=O) groups is 2. The quantitative estimate of drug-likeness (QED) is 0.757. The molecule has 1 fully saturated rings. The fourth-order valence-corrected chi connectivity index (χ4v) is 3.23. The number of carbonyl (C=O) groups excluding carboxylic acids is 2. The Labute approximate surface area is 153 Å². The number of nitrogens with two attached hydrogens (primary N) is 1. The number of nitrogens with zero attached hydrogens (tertiary/aromatic N) is 1. The van der Waals surface area contributed by atoms with E-state index in [1.165, 1.54) is 7.11 Å². The zero-order valence-corrected chi connectivity index (χ0v) is 15.6. The van der Waals surface area contributed by atoms with E-state index in [0.29, 0.717) is 48.1 Å². The average Bonchev–Trinajstić information content (AvgIpc) is 2.61. The van der Waals surface area contributed by atoms with E-state index in [1.54, 1.807) is 17.0 Å². The van der Waals surface area contributed by atoms with E-state index in [2.05, 4.69) is 5.32 Å². The maximum absolute atomic E-state index is 12.9. The third kappa shape index (κ3) is 5.01. The molecule has 0 radical (unpaired) electrons. The highest BCUT2D eigenvalue weighted by atomic mass is 35.5. The highest BCUT2D eigenvalue weighted by Gasteiger charge is 2.27. The Kier molecular flexibility index (Phi) is 6.93. The molecule has 1 saturated heterocycles. The summed E-state index contributed by atoms with van der Waals surface area (Å²) in [6.07, 6.45) is 3.27. The van der Waals surface area contributed by atoms with Gasteiger partial charge in [0.2, 0.25) is 5.91 Å². The molecule has 2 amide bonds. The van der Waals surface area contributed by atoms with Gasteiger partial charge in [-0.3, -0.25) is 9.59 Å². The van der Waals surface area contributed by atoms with Gasteiger partial charge in [-0.25, -0.2) is 0 Å². The number of amides is 2. The minimum Gasteiger partial charge on any atom is -0.496 e. The number of anilines is 1. The van der Waals surface area contributed by atoms with Crippen molar-refractivity contribution in [3.05, 3.63) is 22.7 Å². The molecular formula is C18H26ClN3O3. The predicted molar refractivity (Wildman–Crippen MR) is 99.0 cm³/mol. The number of nitrogens with one attached hydrogen (secondary N) is 1. The highest BCUT2D eigenvalue weighted by molar-refractivity contribution is 6.33. The van der Waals surface area contributed by atoms with Gasteiger partial charge in [-0.15, -0.1) is 0 Å². The second kappa shape index (κ2) is 8.94. The lowest BCUT2D eigenvalue weighted by Gasteiger charge is -2.33. The summed E-state index contributed by atoms with van der Waals surface area (Å²) in [5.74, 6) is 0.625. The Morgan fingerprint density at radius 1 is 1.44 bits per heavy atom. The van der Waals surface area contributed by atoms with E-state index in [4.69, 9.17) is 22.1 Å². The summed E-state index contributed by atoms with van der Waals surface area (Å²) in [6.45, 7) is 3.87. The molecule has 25 heavy (non-hydrogen) atoms. The molecule has 0 aromatic heterocycles. The molecule has 1 aromatic carbocycles. The van der Waals surface area contributed by atoms with Gasteiger partial charge in [0.1, 0.15) is 5.75 Å². The normalized spacial score (nSPS) is 17.2. The van der Waals surface area contributed by atoms with Crippen LogP contribution in [0.15, 0.2) is 12.1 Å². The molecule has 3 N–H and O–H groups in total. The number of hydrogen-bond donors (Lipinski definition) is 2. The Morgan fingerprint density at radius 3 is 2.88 bits per heavy atom. The summed E-state index contributed by atoms with van der Waals surface area (Å²) in [7, 11) is 1.50. The lowest BCUT2D eigenvalue weighted by molar-refractivity contribution is -0.121. The number of benzene rings is 1. The molecule has 1 unspecified atom stereocenters. The Balaban J connectivity index is 2.04. The van der Waals surface area contributed by atoms with Crippen LogP contribution in [0.25, 0.3) is 0 Å². The van der Waals surface area contributed by atoms with Crippen molar-refractivity contribution in [2.24, 2.45) is 5.92 Å². The van der Waals surface area contributed by atoms with E-state index in [1.807, 2.05) is 6.92 Å². The van der Waals surface area contributed by atoms with Gasteiger partial charge in [0.05, 0.1) is 23.4 Å². The van der Waals surface area contributed by atoms with Gasteiger partial charge in [-0.05, 0) is 31.2 Å². The molecule has 0 spiro atoms.